The van der Waals surface area contributed by atoms with Gasteiger partial charge in [-0.25, -0.2) is 0 Å². The monoisotopic (exact) mass is 314 g/mol. The molecule has 0 saturated carbocycles. The normalized spacial score (nSPS) is 12.4. The Morgan fingerprint density at radius 2 is 2.00 bits per heavy atom. The van der Waals surface area contributed by atoms with Crippen LogP contribution >= 0.6 is 23.2 Å². The van der Waals surface area contributed by atoms with E-state index in [4.69, 9.17) is 28.9 Å². The minimum absolute atomic E-state index is 0.440. The third kappa shape index (κ3) is 2.09. The molecular formula is C10H8Cl2N6S. The van der Waals surface area contributed by atoms with E-state index < -0.39 is 0 Å². The number of hydrogen-bond acceptors (Lipinski definition) is 5. The number of aromatic nitrogens is 2. The molecule has 3 rings (SSSR count). The molecule has 0 fully saturated rings. The van der Waals surface area contributed by atoms with Gasteiger partial charge in [0.2, 0.25) is 0 Å². The van der Waals surface area contributed by atoms with Crippen LogP contribution in [0.25, 0.3) is 0 Å². The van der Waals surface area contributed by atoms with Crippen LogP contribution in [0.2, 0.25) is 10.0 Å². The summed E-state index contributed by atoms with van der Waals surface area (Å²) in [6.45, 7) is 0. The topological polar surface area (TPSA) is 80.6 Å². The van der Waals surface area contributed by atoms with E-state index in [0.29, 0.717) is 38.6 Å². The first-order valence-corrected chi connectivity index (χ1v) is 6.71. The van der Waals surface area contributed by atoms with Crippen LogP contribution in [0.5, 0.6) is 0 Å². The molecule has 0 saturated heterocycles. The molecule has 98 valence electrons. The van der Waals surface area contributed by atoms with Gasteiger partial charge in [-0.05, 0) is 6.07 Å². The van der Waals surface area contributed by atoms with Crippen molar-refractivity contribution in [2.45, 2.75) is 0 Å². The minimum atomic E-state index is 0.440. The smallest absolute Gasteiger partial charge is 0.175 e. The van der Waals surface area contributed by atoms with Gasteiger partial charge < -0.3 is 11.1 Å². The second-order valence-corrected chi connectivity index (χ2v) is 5.25. The maximum Gasteiger partial charge on any atom is 0.175 e. The lowest BCUT2D eigenvalue weighted by molar-refractivity contribution is 0.771. The number of fused-ring (bicyclic) bond motifs is 1. The summed E-state index contributed by atoms with van der Waals surface area (Å²) in [5.41, 5.74) is 8.16. The number of nitrogens with one attached hydrogen (secondary N) is 1. The zero-order valence-corrected chi connectivity index (χ0v) is 12.0. The van der Waals surface area contributed by atoms with Gasteiger partial charge in [0.15, 0.2) is 5.82 Å². The lowest BCUT2D eigenvalue weighted by Gasteiger charge is -2.10. The summed E-state index contributed by atoms with van der Waals surface area (Å²) < 4.78 is 9.94. The number of aryl methyl sites for hydroxylation is 1. The predicted molar refractivity (Wildman–Crippen MR) is 78.9 cm³/mol. The summed E-state index contributed by atoms with van der Waals surface area (Å²) in [6, 6.07) is 1.62. The standard InChI is InChI=1S/C10H8Cl2N6S/c1-18-3-6(13)10(15-18)14-7-4(11)2-5(12)8-9(7)17-19-16-8/h2-3H,13H2,1H3,(H,14,15). The van der Waals surface area contributed by atoms with Gasteiger partial charge in [-0.3, -0.25) is 4.68 Å². The lowest BCUT2D eigenvalue weighted by atomic mass is 10.2. The van der Waals surface area contributed by atoms with E-state index in [1.54, 1.807) is 24.0 Å². The summed E-state index contributed by atoms with van der Waals surface area (Å²) in [5.74, 6) is 0.515. The molecule has 3 N–H and O–H groups in total. The molecule has 1 aliphatic rings. The van der Waals surface area contributed by atoms with E-state index in [0.717, 1.165) is 11.4 Å². The first-order chi connectivity index (χ1) is 9.06. The van der Waals surface area contributed by atoms with Gasteiger partial charge in [-0.1, -0.05) is 23.2 Å². The molecular weight excluding hydrogens is 307 g/mol. The highest BCUT2D eigenvalue weighted by Gasteiger charge is 2.20. The van der Waals surface area contributed by atoms with E-state index >= 15 is 0 Å². The zero-order valence-electron chi connectivity index (χ0n) is 9.69. The van der Waals surface area contributed by atoms with Gasteiger partial charge in [0.05, 0.1) is 32.8 Å². The fourth-order valence-corrected chi connectivity index (χ4v) is 2.87. The van der Waals surface area contributed by atoms with Gasteiger partial charge in [-0.15, -0.1) is 0 Å². The third-order valence-corrected chi connectivity index (χ3v) is 3.66. The van der Waals surface area contributed by atoms with Crippen molar-refractivity contribution in [3.63, 3.8) is 0 Å². The molecule has 2 aromatic rings. The van der Waals surface area contributed by atoms with Crippen LogP contribution in [0.15, 0.2) is 21.0 Å². The average molecular weight is 315 g/mol. The Kier molecular flexibility index (Phi) is 2.96. The summed E-state index contributed by atoms with van der Waals surface area (Å²) in [4.78, 5) is 0. The Balaban J connectivity index is 2.10. The second-order valence-electron chi connectivity index (χ2n) is 3.91. The molecule has 6 nitrogen and oxygen atoms in total. The molecule has 1 aromatic carbocycles. The van der Waals surface area contributed by atoms with Gasteiger partial charge in [0.25, 0.3) is 0 Å². The molecule has 1 aliphatic heterocycles. The molecule has 0 atom stereocenters. The predicted octanol–water partition coefficient (Wildman–Crippen LogP) is 3.78. The van der Waals surface area contributed by atoms with E-state index in [9.17, 15) is 0 Å². The van der Waals surface area contributed by atoms with Crippen molar-refractivity contribution in [1.82, 2.24) is 9.78 Å². The van der Waals surface area contributed by atoms with E-state index in [-0.39, 0.29) is 0 Å². The number of benzene rings is 1. The third-order valence-electron chi connectivity index (χ3n) is 2.54. The Morgan fingerprint density at radius 3 is 2.68 bits per heavy atom. The molecule has 0 radical (unpaired) electrons. The molecule has 0 spiro atoms. The van der Waals surface area contributed by atoms with E-state index in [1.165, 1.54) is 0 Å². The van der Waals surface area contributed by atoms with Crippen LogP contribution in [0, 0.1) is 0 Å². The van der Waals surface area contributed by atoms with Crippen LogP contribution in [-0.4, -0.2) is 9.78 Å². The van der Waals surface area contributed by atoms with Crippen molar-refractivity contribution in [2.24, 2.45) is 15.8 Å². The van der Waals surface area contributed by atoms with Gasteiger partial charge >= 0.3 is 0 Å². The highest BCUT2D eigenvalue weighted by atomic mass is 35.5. The number of halogens is 2. The number of rotatable bonds is 2. The number of nitrogens with two attached hydrogens (primary N) is 1. The van der Waals surface area contributed by atoms with Crippen molar-refractivity contribution in [1.29, 1.82) is 0 Å². The molecule has 1 aromatic heterocycles. The molecule has 9 heteroatoms. The molecule has 0 aliphatic carbocycles. The molecule has 0 unspecified atom stereocenters. The van der Waals surface area contributed by atoms with E-state index in [1.807, 2.05) is 0 Å². The SMILES string of the molecule is Cn1cc(N)c(Nc2c(Cl)cc(Cl)c3c2N=S=N3)n1. The van der Waals surface area contributed by atoms with Gasteiger partial charge in [0, 0.05) is 13.2 Å². The van der Waals surface area contributed by atoms with E-state index in [2.05, 4.69) is 19.1 Å². The number of nitrogen functional groups attached to an aromatic ring is 1. The van der Waals surface area contributed by atoms with Crippen molar-refractivity contribution in [3.05, 3.63) is 22.3 Å². The fraction of sp³-hybridized carbons (Fsp3) is 0.100. The maximum absolute atomic E-state index is 6.19. The van der Waals surface area contributed by atoms with Crippen molar-refractivity contribution >= 4 is 63.1 Å². The Hall–Kier alpha value is -1.57. The van der Waals surface area contributed by atoms with Crippen molar-refractivity contribution in [3.8, 4) is 0 Å². The molecule has 2 heterocycles. The molecule has 19 heavy (non-hydrogen) atoms. The van der Waals surface area contributed by atoms with Crippen LogP contribution in [0.1, 0.15) is 0 Å². The van der Waals surface area contributed by atoms with Crippen LogP contribution in [0.4, 0.5) is 28.6 Å². The van der Waals surface area contributed by atoms with Gasteiger partial charge in [-0.2, -0.15) is 13.8 Å². The molecule has 0 bridgehead atoms. The van der Waals surface area contributed by atoms with Crippen LogP contribution in [-0.2, 0) is 18.4 Å². The Morgan fingerprint density at radius 1 is 1.26 bits per heavy atom. The highest BCUT2D eigenvalue weighted by molar-refractivity contribution is 7.58. The first kappa shape index (κ1) is 12.5. The van der Waals surface area contributed by atoms with Crippen LogP contribution in [0.3, 0.4) is 0 Å². The average Bonchev–Trinajstić information content (AvgIpc) is 2.92. The molecule has 0 amide bonds. The van der Waals surface area contributed by atoms with Gasteiger partial charge in [0.1, 0.15) is 11.4 Å². The summed E-state index contributed by atoms with van der Waals surface area (Å²) in [6.07, 6.45) is 1.70. The number of hydrogen-bond donors (Lipinski definition) is 2. The second kappa shape index (κ2) is 4.52. The summed E-state index contributed by atoms with van der Waals surface area (Å²) >= 11 is 13.3. The Bertz CT molecular complexity index is 747. The summed E-state index contributed by atoms with van der Waals surface area (Å²) in [7, 11) is 1.78. The van der Waals surface area contributed by atoms with Crippen molar-refractivity contribution in [2.75, 3.05) is 11.1 Å². The lowest BCUT2D eigenvalue weighted by Crippen LogP contribution is -1.97. The maximum atomic E-state index is 6.19. The fourth-order valence-electron chi connectivity index (χ4n) is 1.72. The largest absolute Gasteiger partial charge is 0.394 e. The van der Waals surface area contributed by atoms with Crippen LogP contribution < -0.4 is 11.1 Å². The number of anilines is 3. The quantitative estimate of drug-likeness (QED) is 0.755. The highest BCUT2D eigenvalue weighted by Crippen LogP contribution is 2.48. The number of nitrogens with zero attached hydrogens (tertiary/aromatic N) is 4. The zero-order chi connectivity index (χ0) is 13.6. The minimum Gasteiger partial charge on any atom is -0.394 e. The Labute approximate surface area is 122 Å². The first-order valence-electron chi connectivity index (χ1n) is 5.22. The summed E-state index contributed by atoms with van der Waals surface area (Å²) in [5, 5.41) is 8.18. The van der Waals surface area contributed by atoms with Crippen molar-refractivity contribution < 1.29 is 0 Å².